The molecular formula is C28H39FN4O6S. The number of halogens is 1. The molecule has 2 aromatic rings. The normalized spacial score (nSPS) is 18.6. The van der Waals surface area contributed by atoms with Crippen LogP contribution in [-0.2, 0) is 14.8 Å². The van der Waals surface area contributed by atoms with Crippen LogP contribution in [0, 0.1) is 11.7 Å². The van der Waals surface area contributed by atoms with Gasteiger partial charge in [0.25, 0.3) is 5.91 Å². The molecule has 0 bridgehead atoms. The first-order valence-electron chi connectivity index (χ1n) is 13.2. The Morgan fingerprint density at radius 1 is 1.20 bits per heavy atom. The third-order valence-corrected chi connectivity index (χ3v) is 8.75. The molecular weight excluding hydrogens is 539 g/mol. The first-order chi connectivity index (χ1) is 18.8. The average molecular weight is 579 g/mol. The van der Waals surface area contributed by atoms with Crippen LogP contribution in [0.3, 0.4) is 0 Å². The second kappa shape index (κ2) is 13.5. The Labute approximate surface area is 235 Å². The van der Waals surface area contributed by atoms with Gasteiger partial charge in [-0.05, 0) is 76.4 Å². The van der Waals surface area contributed by atoms with Gasteiger partial charge in [-0.2, -0.15) is 4.31 Å². The van der Waals surface area contributed by atoms with E-state index in [0.717, 1.165) is 23.0 Å². The van der Waals surface area contributed by atoms with Crippen LogP contribution in [0.5, 0.6) is 5.75 Å². The third-order valence-electron chi connectivity index (χ3n) is 6.92. The average Bonchev–Trinajstić information content (AvgIpc) is 2.90. The molecule has 0 unspecified atom stereocenters. The number of fused-ring (bicyclic) bond motifs is 1. The van der Waals surface area contributed by atoms with Crippen molar-refractivity contribution in [1.82, 2.24) is 14.1 Å². The number of sulfonamides is 1. The van der Waals surface area contributed by atoms with Gasteiger partial charge in [-0.25, -0.2) is 12.8 Å². The van der Waals surface area contributed by atoms with Gasteiger partial charge in [-0.1, -0.05) is 6.92 Å². The number of rotatable bonds is 11. The van der Waals surface area contributed by atoms with Crippen molar-refractivity contribution in [2.24, 2.45) is 5.92 Å². The molecule has 0 aliphatic carbocycles. The van der Waals surface area contributed by atoms with Crippen LogP contribution in [0.2, 0.25) is 0 Å². The minimum absolute atomic E-state index is 0.0415. The number of aliphatic hydroxyl groups excluding tert-OH is 1. The van der Waals surface area contributed by atoms with Crippen LogP contribution in [0.4, 0.5) is 10.1 Å². The Bertz CT molecular complexity index is 1290. The summed E-state index contributed by atoms with van der Waals surface area (Å²) in [7, 11) is 1.34. The Morgan fingerprint density at radius 2 is 1.88 bits per heavy atom. The minimum atomic E-state index is -3.94. The van der Waals surface area contributed by atoms with Gasteiger partial charge >= 0.3 is 0 Å². The van der Waals surface area contributed by atoms with Gasteiger partial charge in [-0.3, -0.25) is 9.59 Å². The van der Waals surface area contributed by atoms with E-state index >= 15 is 0 Å². The van der Waals surface area contributed by atoms with Crippen LogP contribution < -0.4 is 10.1 Å². The molecule has 0 radical (unpaired) electrons. The third kappa shape index (κ3) is 7.78. The van der Waals surface area contributed by atoms with Gasteiger partial charge < -0.3 is 25.0 Å². The fraction of sp³-hybridized carbons (Fsp3) is 0.500. The van der Waals surface area contributed by atoms with Gasteiger partial charge in [0, 0.05) is 31.6 Å². The Kier molecular flexibility index (Phi) is 10.6. The highest BCUT2D eigenvalue weighted by Crippen LogP contribution is 2.31. The number of anilines is 1. The van der Waals surface area contributed by atoms with E-state index in [-0.39, 0.29) is 53.6 Å². The highest BCUT2D eigenvalue weighted by molar-refractivity contribution is 7.89. The summed E-state index contributed by atoms with van der Waals surface area (Å²) in [4.78, 5) is 29.5. The number of carbonyl (C=O) groups excluding carboxylic acids is 2. The number of ether oxygens (including phenoxy) is 1. The van der Waals surface area contributed by atoms with Crippen molar-refractivity contribution >= 4 is 27.5 Å². The fourth-order valence-electron chi connectivity index (χ4n) is 4.44. The molecule has 220 valence electrons. The summed E-state index contributed by atoms with van der Waals surface area (Å²) in [6.45, 7) is 4.24. The Hall–Kier alpha value is -3.06. The minimum Gasteiger partial charge on any atom is -0.488 e. The number of hydrogen-bond acceptors (Lipinski definition) is 7. The maximum atomic E-state index is 13.6. The molecule has 2 aromatic carbocycles. The molecule has 0 spiro atoms. The number of benzene rings is 2. The molecule has 1 heterocycles. The van der Waals surface area contributed by atoms with Gasteiger partial charge in [0.1, 0.15) is 17.7 Å². The summed E-state index contributed by atoms with van der Waals surface area (Å²) in [5, 5.41) is 12.7. The molecule has 1 aliphatic rings. The second-order valence-electron chi connectivity index (χ2n) is 10.5. The smallest absolute Gasteiger partial charge is 0.258 e. The van der Waals surface area contributed by atoms with Crippen LogP contribution in [-0.4, -0.2) is 99.0 Å². The molecule has 2 amide bonds. The number of likely N-dealkylation sites (N-methyl/N-ethyl adjacent to an activating group) is 1. The molecule has 0 saturated heterocycles. The van der Waals surface area contributed by atoms with E-state index in [2.05, 4.69) is 5.32 Å². The molecule has 2 N–H and O–H groups in total. The molecule has 0 saturated carbocycles. The summed E-state index contributed by atoms with van der Waals surface area (Å²) >= 11 is 0. The lowest BCUT2D eigenvalue weighted by molar-refractivity contribution is -0.116. The summed E-state index contributed by atoms with van der Waals surface area (Å²) in [5.41, 5.74) is 0.635. The maximum Gasteiger partial charge on any atom is 0.258 e. The van der Waals surface area contributed by atoms with E-state index in [1.54, 1.807) is 25.1 Å². The quantitative estimate of drug-likeness (QED) is 0.421. The number of nitrogens with one attached hydrogen (secondary N) is 1. The topological polar surface area (TPSA) is 119 Å². The molecule has 0 aromatic heterocycles. The first kappa shape index (κ1) is 31.5. The Morgan fingerprint density at radius 3 is 2.50 bits per heavy atom. The van der Waals surface area contributed by atoms with E-state index in [9.17, 15) is 27.5 Å². The van der Waals surface area contributed by atoms with Crippen LogP contribution in [0.25, 0.3) is 0 Å². The largest absolute Gasteiger partial charge is 0.488 e. The molecule has 3 rings (SSSR count). The Balaban J connectivity index is 1.89. The van der Waals surface area contributed by atoms with Crippen LogP contribution in [0.15, 0.2) is 47.4 Å². The van der Waals surface area contributed by atoms with Crippen molar-refractivity contribution < 1.29 is 32.2 Å². The van der Waals surface area contributed by atoms with Crippen molar-refractivity contribution in [3.8, 4) is 5.75 Å². The molecule has 3 atom stereocenters. The van der Waals surface area contributed by atoms with Crippen molar-refractivity contribution in [2.75, 3.05) is 52.7 Å². The SMILES string of the molecule is C[C@H]1CN([C@@H](C)CO)C(=O)c2cc(NC(=O)CCCN(C)C)ccc2O[C@@H]1CN(C)S(=O)(=O)c1ccc(F)cc1. The summed E-state index contributed by atoms with van der Waals surface area (Å²) in [6.07, 6.45) is 0.343. The van der Waals surface area contributed by atoms with Crippen LogP contribution >= 0.6 is 0 Å². The zero-order valence-electron chi connectivity index (χ0n) is 23.6. The van der Waals surface area contributed by atoms with E-state index in [1.807, 2.05) is 25.9 Å². The van der Waals surface area contributed by atoms with Gasteiger partial charge in [-0.15, -0.1) is 0 Å². The van der Waals surface area contributed by atoms with Crippen molar-refractivity contribution in [3.05, 3.63) is 53.8 Å². The molecule has 1 aliphatic heterocycles. The molecule has 0 fully saturated rings. The van der Waals surface area contributed by atoms with Crippen molar-refractivity contribution in [3.63, 3.8) is 0 Å². The second-order valence-corrected chi connectivity index (χ2v) is 12.6. The van der Waals surface area contributed by atoms with E-state index in [1.165, 1.54) is 24.1 Å². The lowest BCUT2D eigenvalue weighted by Gasteiger charge is -2.38. The highest BCUT2D eigenvalue weighted by atomic mass is 32.2. The monoisotopic (exact) mass is 578 g/mol. The number of aliphatic hydroxyl groups is 1. The zero-order valence-corrected chi connectivity index (χ0v) is 24.4. The summed E-state index contributed by atoms with van der Waals surface area (Å²) < 4.78 is 47.1. The predicted octanol–water partition coefficient (Wildman–Crippen LogP) is 2.65. The maximum absolute atomic E-state index is 13.6. The number of amides is 2. The predicted molar refractivity (Wildman–Crippen MR) is 150 cm³/mol. The highest BCUT2D eigenvalue weighted by Gasteiger charge is 2.35. The van der Waals surface area contributed by atoms with E-state index in [0.29, 0.717) is 18.5 Å². The first-order valence-corrected chi connectivity index (χ1v) is 14.7. The van der Waals surface area contributed by atoms with Crippen molar-refractivity contribution in [2.45, 2.75) is 43.7 Å². The summed E-state index contributed by atoms with van der Waals surface area (Å²) in [5.74, 6) is -1.15. The standard InChI is InChI=1S/C28H39FN4O6S/c1-19-16-33(20(2)18-34)28(36)24-15-22(30-27(35)7-6-14-31(3)4)10-13-25(24)39-26(19)17-32(5)40(37,38)23-11-8-21(29)9-12-23/h8-13,15,19-20,26,34H,6-7,14,16-18H2,1-5H3,(H,30,35)/t19-,20-,26+/m0/s1. The van der Waals surface area contributed by atoms with E-state index < -0.39 is 28.0 Å². The molecule has 10 nitrogen and oxygen atoms in total. The van der Waals surface area contributed by atoms with Crippen molar-refractivity contribution in [1.29, 1.82) is 0 Å². The lowest BCUT2D eigenvalue weighted by atomic mass is 9.99. The number of nitrogens with zero attached hydrogens (tertiary/aromatic N) is 3. The number of carbonyl (C=O) groups is 2. The lowest BCUT2D eigenvalue weighted by Crippen LogP contribution is -2.50. The molecule has 40 heavy (non-hydrogen) atoms. The summed E-state index contributed by atoms with van der Waals surface area (Å²) in [6, 6.07) is 8.85. The van der Waals surface area contributed by atoms with Gasteiger partial charge in [0.15, 0.2) is 0 Å². The fourth-order valence-corrected chi connectivity index (χ4v) is 5.62. The van der Waals surface area contributed by atoms with E-state index in [4.69, 9.17) is 4.74 Å². The zero-order chi connectivity index (χ0) is 29.6. The van der Waals surface area contributed by atoms with Gasteiger partial charge in [0.05, 0.1) is 29.7 Å². The number of hydrogen-bond donors (Lipinski definition) is 2. The molecule has 12 heteroatoms. The van der Waals surface area contributed by atoms with Gasteiger partial charge in [0.2, 0.25) is 15.9 Å². The van der Waals surface area contributed by atoms with Crippen LogP contribution in [0.1, 0.15) is 37.0 Å².